The van der Waals surface area contributed by atoms with Gasteiger partial charge >= 0.3 is 0 Å². The zero-order chi connectivity index (χ0) is 14.9. The second kappa shape index (κ2) is 6.41. The fraction of sp³-hybridized carbons (Fsp3) is 0.941. The maximum Gasteiger partial charge on any atom is 0.166 e. The fourth-order valence-electron chi connectivity index (χ4n) is 5.42. The van der Waals surface area contributed by atoms with Gasteiger partial charge in [-0.1, -0.05) is 13.8 Å². The van der Waals surface area contributed by atoms with Gasteiger partial charge in [0.15, 0.2) is 5.11 Å². The molecule has 4 aliphatic carbocycles. The zero-order valence-corrected chi connectivity index (χ0v) is 14.5. The van der Waals surface area contributed by atoms with Crippen LogP contribution in [0.2, 0.25) is 0 Å². The molecule has 0 aromatic carbocycles. The molecule has 0 saturated heterocycles. The maximum atomic E-state index is 5.57. The molecule has 0 atom stereocenters. The van der Waals surface area contributed by atoms with Gasteiger partial charge in [-0.25, -0.2) is 0 Å². The third kappa shape index (κ3) is 3.53. The van der Waals surface area contributed by atoms with Crippen molar-refractivity contribution in [3.63, 3.8) is 0 Å². The molecule has 3 nitrogen and oxygen atoms in total. The molecular formula is C17H31N3S. The van der Waals surface area contributed by atoms with Gasteiger partial charge in [-0.05, 0) is 81.6 Å². The number of hydrogen-bond donors (Lipinski definition) is 2. The third-order valence-corrected chi connectivity index (χ3v) is 6.27. The molecule has 0 spiro atoms. The first-order chi connectivity index (χ1) is 10.1. The molecule has 0 aromatic rings. The van der Waals surface area contributed by atoms with E-state index in [1.54, 1.807) is 0 Å². The van der Waals surface area contributed by atoms with E-state index in [9.17, 15) is 0 Å². The molecule has 0 amide bonds. The highest BCUT2D eigenvalue weighted by Crippen LogP contribution is 2.55. The summed E-state index contributed by atoms with van der Waals surface area (Å²) in [4.78, 5) is 2.43. The minimum atomic E-state index is 0.341. The van der Waals surface area contributed by atoms with E-state index in [0.29, 0.717) is 5.54 Å². The van der Waals surface area contributed by atoms with Crippen LogP contribution in [0.1, 0.15) is 52.4 Å². The number of thiocarbonyl (C=S) groups is 1. The molecule has 0 unspecified atom stereocenters. The first kappa shape index (κ1) is 15.5. The lowest BCUT2D eigenvalue weighted by Gasteiger charge is -2.57. The van der Waals surface area contributed by atoms with Crippen molar-refractivity contribution in [3.8, 4) is 0 Å². The predicted octanol–water partition coefficient (Wildman–Crippen LogP) is 2.76. The molecule has 120 valence electrons. The second-order valence-corrected chi connectivity index (χ2v) is 8.01. The van der Waals surface area contributed by atoms with E-state index in [4.69, 9.17) is 12.2 Å². The Morgan fingerprint density at radius 2 is 1.57 bits per heavy atom. The van der Waals surface area contributed by atoms with Crippen molar-refractivity contribution in [1.29, 1.82) is 0 Å². The number of nitrogens with one attached hydrogen (secondary N) is 2. The molecule has 0 aliphatic heterocycles. The smallest absolute Gasteiger partial charge is 0.166 e. The average molecular weight is 310 g/mol. The van der Waals surface area contributed by atoms with E-state index < -0.39 is 0 Å². The second-order valence-electron chi connectivity index (χ2n) is 7.61. The molecule has 4 aliphatic rings. The normalized spacial score (nSPS) is 37.0. The number of likely N-dealkylation sites (N-methyl/N-ethyl adjacent to an activating group) is 1. The SMILES string of the molecule is CCN(CC)CCNC(=S)NC12CC3CC(CC(C3)C1)C2. The van der Waals surface area contributed by atoms with Crippen LogP contribution in [0.5, 0.6) is 0 Å². The van der Waals surface area contributed by atoms with Crippen molar-refractivity contribution in [2.75, 3.05) is 26.2 Å². The van der Waals surface area contributed by atoms with Crippen LogP contribution >= 0.6 is 12.2 Å². The van der Waals surface area contributed by atoms with Crippen LogP contribution in [0.4, 0.5) is 0 Å². The highest BCUT2D eigenvalue weighted by molar-refractivity contribution is 7.80. The Balaban J connectivity index is 1.46. The lowest BCUT2D eigenvalue weighted by atomic mass is 9.53. The van der Waals surface area contributed by atoms with Crippen LogP contribution in [0.3, 0.4) is 0 Å². The van der Waals surface area contributed by atoms with E-state index in [0.717, 1.165) is 49.0 Å². The standard InChI is InChI=1S/C17H31N3S/c1-3-20(4-2)6-5-18-16(21)19-17-10-13-7-14(11-17)9-15(8-13)12-17/h13-15H,3-12H2,1-2H3,(H2,18,19,21). The van der Waals surface area contributed by atoms with Gasteiger partial charge in [-0.15, -0.1) is 0 Å². The van der Waals surface area contributed by atoms with Crippen molar-refractivity contribution in [1.82, 2.24) is 15.5 Å². The monoisotopic (exact) mass is 309 g/mol. The molecule has 4 heteroatoms. The molecule has 4 rings (SSSR count). The topological polar surface area (TPSA) is 27.3 Å². The van der Waals surface area contributed by atoms with Gasteiger partial charge in [0, 0.05) is 18.6 Å². The van der Waals surface area contributed by atoms with Crippen molar-refractivity contribution in [2.24, 2.45) is 17.8 Å². The summed E-state index contributed by atoms with van der Waals surface area (Å²) >= 11 is 5.57. The summed E-state index contributed by atoms with van der Waals surface area (Å²) in [6.07, 6.45) is 8.54. The van der Waals surface area contributed by atoms with Crippen LogP contribution in [-0.2, 0) is 0 Å². The number of hydrogen-bond acceptors (Lipinski definition) is 2. The molecule has 21 heavy (non-hydrogen) atoms. The minimum absolute atomic E-state index is 0.341. The summed E-state index contributed by atoms with van der Waals surface area (Å²) < 4.78 is 0. The average Bonchev–Trinajstić information content (AvgIpc) is 2.41. The van der Waals surface area contributed by atoms with E-state index in [1.165, 1.54) is 38.5 Å². The molecule has 2 N–H and O–H groups in total. The lowest BCUT2D eigenvalue weighted by molar-refractivity contribution is -0.0101. The molecule has 0 heterocycles. The molecule has 4 bridgehead atoms. The first-order valence-electron chi connectivity index (χ1n) is 8.91. The molecule has 0 radical (unpaired) electrons. The third-order valence-electron chi connectivity index (χ3n) is 6.02. The largest absolute Gasteiger partial charge is 0.361 e. The summed E-state index contributed by atoms with van der Waals surface area (Å²) in [5.41, 5.74) is 0.341. The summed E-state index contributed by atoms with van der Waals surface area (Å²) in [5.74, 6) is 2.92. The van der Waals surface area contributed by atoms with E-state index >= 15 is 0 Å². The van der Waals surface area contributed by atoms with E-state index in [1.807, 2.05) is 0 Å². The number of rotatable bonds is 6. The highest BCUT2D eigenvalue weighted by Gasteiger charge is 2.51. The van der Waals surface area contributed by atoms with Gasteiger partial charge < -0.3 is 15.5 Å². The Hall–Kier alpha value is -0.350. The summed E-state index contributed by atoms with van der Waals surface area (Å²) in [7, 11) is 0. The summed E-state index contributed by atoms with van der Waals surface area (Å²) in [6, 6.07) is 0. The zero-order valence-electron chi connectivity index (χ0n) is 13.7. The predicted molar refractivity (Wildman–Crippen MR) is 92.4 cm³/mol. The van der Waals surface area contributed by atoms with Crippen molar-refractivity contribution in [2.45, 2.75) is 57.9 Å². The van der Waals surface area contributed by atoms with E-state index in [2.05, 4.69) is 29.4 Å². The Morgan fingerprint density at radius 1 is 1.05 bits per heavy atom. The van der Waals surface area contributed by atoms with Crippen LogP contribution in [0, 0.1) is 17.8 Å². The van der Waals surface area contributed by atoms with Gasteiger partial charge in [0.25, 0.3) is 0 Å². The van der Waals surface area contributed by atoms with Gasteiger partial charge in [0.1, 0.15) is 0 Å². The lowest BCUT2D eigenvalue weighted by Crippen LogP contribution is -2.61. The van der Waals surface area contributed by atoms with Crippen LogP contribution in [-0.4, -0.2) is 41.7 Å². The first-order valence-corrected chi connectivity index (χ1v) is 9.31. The Morgan fingerprint density at radius 3 is 2.05 bits per heavy atom. The van der Waals surface area contributed by atoms with Crippen LogP contribution < -0.4 is 10.6 Å². The molecule has 4 fully saturated rings. The molecule has 4 saturated carbocycles. The van der Waals surface area contributed by atoms with Crippen LogP contribution in [0.15, 0.2) is 0 Å². The van der Waals surface area contributed by atoms with Crippen LogP contribution in [0.25, 0.3) is 0 Å². The Bertz CT molecular complexity index is 343. The maximum absolute atomic E-state index is 5.57. The highest BCUT2D eigenvalue weighted by atomic mass is 32.1. The van der Waals surface area contributed by atoms with Crippen molar-refractivity contribution >= 4 is 17.3 Å². The van der Waals surface area contributed by atoms with Crippen molar-refractivity contribution in [3.05, 3.63) is 0 Å². The molecule has 0 aromatic heterocycles. The van der Waals surface area contributed by atoms with Gasteiger partial charge in [0.2, 0.25) is 0 Å². The Kier molecular flexibility index (Phi) is 4.75. The quantitative estimate of drug-likeness (QED) is 0.738. The van der Waals surface area contributed by atoms with Gasteiger partial charge in [-0.3, -0.25) is 0 Å². The summed E-state index contributed by atoms with van der Waals surface area (Å²) in [5, 5.41) is 8.06. The molecular weight excluding hydrogens is 278 g/mol. The van der Waals surface area contributed by atoms with E-state index in [-0.39, 0.29) is 0 Å². The minimum Gasteiger partial charge on any atom is -0.361 e. The summed E-state index contributed by atoms with van der Waals surface area (Å²) in [6.45, 7) is 8.71. The Labute approximate surface area is 135 Å². The number of nitrogens with zero attached hydrogens (tertiary/aromatic N) is 1. The van der Waals surface area contributed by atoms with Crippen molar-refractivity contribution < 1.29 is 0 Å². The van der Waals surface area contributed by atoms with Gasteiger partial charge in [-0.2, -0.15) is 0 Å². The van der Waals surface area contributed by atoms with Gasteiger partial charge in [0.05, 0.1) is 0 Å². The fourth-order valence-corrected chi connectivity index (χ4v) is 5.73.